The molecule has 0 radical (unpaired) electrons. The van der Waals surface area contributed by atoms with Gasteiger partial charge in [0.15, 0.2) is 5.60 Å². The number of para-hydroxylation sites is 1. The Balaban J connectivity index is 1.54. The second-order valence-electron chi connectivity index (χ2n) is 8.25. The fourth-order valence-electron chi connectivity index (χ4n) is 4.29. The van der Waals surface area contributed by atoms with E-state index in [1.165, 1.54) is 0 Å². The van der Waals surface area contributed by atoms with Crippen LogP contribution in [0.1, 0.15) is 11.1 Å². The molecule has 1 atom stereocenters. The van der Waals surface area contributed by atoms with E-state index in [0.717, 1.165) is 22.3 Å². The summed E-state index contributed by atoms with van der Waals surface area (Å²) in [4.78, 5) is 27.4. The number of morpholine rings is 1. The third-order valence-corrected chi connectivity index (χ3v) is 6.05. The van der Waals surface area contributed by atoms with Crippen LogP contribution in [0.25, 0.3) is 11.1 Å². The number of hydrogen-bond acceptors (Lipinski definition) is 4. The predicted molar refractivity (Wildman–Crippen MR) is 127 cm³/mol. The summed E-state index contributed by atoms with van der Waals surface area (Å²) in [7, 11) is 1.58. The molecule has 3 aromatic carbocycles. The van der Waals surface area contributed by atoms with E-state index < -0.39 is 11.5 Å². The molecule has 6 nitrogen and oxygen atoms in total. The summed E-state index contributed by atoms with van der Waals surface area (Å²) in [5, 5.41) is 0. The molecular weight excluding hydrogens is 416 g/mol. The van der Waals surface area contributed by atoms with E-state index in [-0.39, 0.29) is 25.5 Å². The Bertz CT molecular complexity index is 1130. The fourth-order valence-corrected chi connectivity index (χ4v) is 4.29. The van der Waals surface area contributed by atoms with E-state index in [2.05, 4.69) is 0 Å². The largest absolute Gasteiger partial charge is 0.496 e. The number of nitrogens with two attached hydrogens (primary N) is 1. The predicted octanol–water partition coefficient (Wildman–Crippen LogP) is 3.23. The monoisotopic (exact) mass is 444 g/mol. The SMILES string of the molecule is COc1ccccc1CC(=O)N1CCO[C@@](Cc2cccc(-c3ccccc3)c2)(C(N)=O)C1. The van der Waals surface area contributed by atoms with Crippen LogP contribution in [0, 0.1) is 0 Å². The van der Waals surface area contributed by atoms with Gasteiger partial charge in [-0.25, -0.2) is 0 Å². The molecule has 33 heavy (non-hydrogen) atoms. The number of amides is 2. The van der Waals surface area contributed by atoms with Gasteiger partial charge in [-0.05, 0) is 22.8 Å². The van der Waals surface area contributed by atoms with Gasteiger partial charge in [0, 0.05) is 18.5 Å². The average molecular weight is 445 g/mol. The summed E-state index contributed by atoms with van der Waals surface area (Å²) < 4.78 is 11.3. The maximum Gasteiger partial charge on any atom is 0.251 e. The summed E-state index contributed by atoms with van der Waals surface area (Å²) in [6.07, 6.45) is 0.476. The Hall–Kier alpha value is -3.64. The van der Waals surface area contributed by atoms with E-state index in [1.54, 1.807) is 12.0 Å². The van der Waals surface area contributed by atoms with Gasteiger partial charge in [-0.3, -0.25) is 9.59 Å². The first-order valence-corrected chi connectivity index (χ1v) is 11.0. The molecule has 0 saturated carbocycles. The number of carbonyl (C=O) groups is 2. The number of rotatable bonds is 7. The van der Waals surface area contributed by atoms with Gasteiger partial charge in [0.1, 0.15) is 5.75 Å². The lowest BCUT2D eigenvalue weighted by molar-refractivity contribution is -0.163. The molecule has 0 aliphatic carbocycles. The number of nitrogens with zero attached hydrogens (tertiary/aromatic N) is 1. The van der Waals surface area contributed by atoms with Gasteiger partial charge in [0.25, 0.3) is 5.91 Å². The van der Waals surface area contributed by atoms with E-state index in [0.29, 0.717) is 18.7 Å². The van der Waals surface area contributed by atoms with Crippen LogP contribution in [0.2, 0.25) is 0 Å². The van der Waals surface area contributed by atoms with Crippen molar-refractivity contribution in [2.24, 2.45) is 5.73 Å². The van der Waals surface area contributed by atoms with E-state index in [1.807, 2.05) is 78.9 Å². The van der Waals surface area contributed by atoms with E-state index >= 15 is 0 Å². The number of carbonyl (C=O) groups excluding carboxylic acids is 2. The Morgan fingerprint density at radius 2 is 1.73 bits per heavy atom. The van der Waals surface area contributed by atoms with Crippen molar-refractivity contribution in [3.63, 3.8) is 0 Å². The molecule has 1 heterocycles. The molecule has 0 unspecified atom stereocenters. The van der Waals surface area contributed by atoms with Crippen LogP contribution in [0.4, 0.5) is 0 Å². The molecule has 0 bridgehead atoms. The molecule has 1 aliphatic heterocycles. The summed E-state index contributed by atoms with van der Waals surface area (Å²) in [6.45, 7) is 0.776. The molecule has 1 fully saturated rings. The quantitative estimate of drug-likeness (QED) is 0.607. The number of benzene rings is 3. The number of hydrogen-bond donors (Lipinski definition) is 1. The maximum atomic E-state index is 13.1. The minimum atomic E-state index is -1.27. The van der Waals surface area contributed by atoms with Crippen LogP contribution in [0.15, 0.2) is 78.9 Å². The lowest BCUT2D eigenvalue weighted by Crippen LogP contribution is -2.61. The van der Waals surface area contributed by atoms with Crippen molar-refractivity contribution >= 4 is 11.8 Å². The molecule has 0 spiro atoms. The van der Waals surface area contributed by atoms with Crippen molar-refractivity contribution < 1.29 is 19.1 Å². The highest BCUT2D eigenvalue weighted by atomic mass is 16.5. The first-order chi connectivity index (χ1) is 16.0. The van der Waals surface area contributed by atoms with Crippen LogP contribution in [-0.4, -0.2) is 49.1 Å². The summed E-state index contributed by atoms with van der Waals surface area (Å²) in [6, 6.07) is 25.4. The van der Waals surface area contributed by atoms with Crippen molar-refractivity contribution in [3.8, 4) is 16.9 Å². The van der Waals surface area contributed by atoms with Crippen molar-refractivity contribution in [1.82, 2.24) is 4.90 Å². The molecule has 6 heteroatoms. The summed E-state index contributed by atoms with van der Waals surface area (Å²) in [5.41, 5.74) is 8.43. The highest BCUT2D eigenvalue weighted by Crippen LogP contribution is 2.27. The van der Waals surface area contributed by atoms with Crippen molar-refractivity contribution in [3.05, 3.63) is 90.0 Å². The molecular formula is C27H28N2O4. The average Bonchev–Trinajstić information content (AvgIpc) is 2.85. The number of ether oxygens (including phenoxy) is 2. The molecule has 3 aromatic rings. The second-order valence-corrected chi connectivity index (χ2v) is 8.25. The minimum absolute atomic E-state index is 0.0912. The Kier molecular flexibility index (Phi) is 6.75. The first-order valence-electron chi connectivity index (χ1n) is 11.0. The van der Waals surface area contributed by atoms with Gasteiger partial charge in [-0.2, -0.15) is 0 Å². The van der Waals surface area contributed by atoms with Gasteiger partial charge in [-0.15, -0.1) is 0 Å². The molecule has 1 saturated heterocycles. The zero-order valence-electron chi connectivity index (χ0n) is 18.7. The highest BCUT2D eigenvalue weighted by molar-refractivity contribution is 5.86. The zero-order valence-corrected chi connectivity index (χ0v) is 18.7. The van der Waals surface area contributed by atoms with Crippen LogP contribution < -0.4 is 10.5 Å². The molecule has 1 aliphatic rings. The fraction of sp³-hybridized carbons (Fsp3) is 0.259. The Labute approximate surface area is 193 Å². The third-order valence-electron chi connectivity index (χ3n) is 6.05. The van der Waals surface area contributed by atoms with E-state index in [4.69, 9.17) is 15.2 Å². The number of methoxy groups -OCH3 is 1. The van der Waals surface area contributed by atoms with Gasteiger partial charge in [0.2, 0.25) is 5.91 Å². The lowest BCUT2D eigenvalue weighted by atomic mass is 9.90. The van der Waals surface area contributed by atoms with Crippen LogP contribution in [0.3, 0.4) is 0 Å². The smallest absolute Gasteiger partial charge is 0.251 e. The van der Waals surface area contributed by atoms with Gasteiger partial charge < -0.3 is 20.1 Å². The highest BCUT2D eigenvalue weighted by Gasteiger charge is 2.43. The topological polar surface area (TPSA) is 81.9 Å². The summed E-state index contributed by atoms with van der Waals surface area (Å²) >= 11 is 0. The summed E-state index contributed by atoms with van der Waals surface area (Å²) in [5.74, 6) is 0.00636. The zero-order chi connectivity index (χ0) is 23.3. The Morgan fingerprint density at radius 1 is 1.00 bits per heavy atom. The van der Waals surface area contributed by atoms with Gasteiger partial charge >= 0.3 is 0 Å². The van der Waals surface area contributed by atoms with Gasteiger partial charge in [-0.1, -0.05) is 72.8 Å². The minimum Gasteiger partial charge on any atom is -0.496 e. The molecule has 170 valence electrons. The normalized spacial score (nSPS) is 18.0. The van der Waals surface area contributed by atoms with Crippen molar-refractivity contribution in [1.29, 1.82) is 0 Å². The van der Waals surface area contributed by atoms with Crippen molar-refractivity contribution in [2.45, 2.75) is 18.4 Å². The first kappa shape index (κ1) is 22.6. The van der Waals surface area contributed by atoms with Gasteiger partial charge in [0.05, 0.1) is 26.7 Å². The van der Waals surface area contributed by atoms with Crippen LogP contribution >= 0.6 is 0 Å². The standard InChI is InChI=1S/C27H28N2O4/c1-32-24-13-6-5-11-23(24)17-25(30)29-14-15-33-27(19-29,26(28)31)18-20-8-7-12-22(16-20)21-9-3-2-4-10-21/h2-13,16H,14-15,17-19H2,1H3,(H2,28,31)/t27-/m1/s1. The van der Waals surface area contributed by atoms with Crippen LogP contribution in [-0.2, 0) is 27.2 Å². The Morgan fingerprint density at radius 3 is 2.48 bits per heavy atom. The molecule has 2 amide bonds. The second kappa shape index (κ2) is 9.88. The molecule has 2 N–H and O–H groups in total. The number of primary amides is 1. The third kappa shape index (κ3) is 5.07. The van der Waals surface area contributed by atoms with E-state index in [9.17, 15) is 9.59 Å². The van der Waals surface area contributed by atoms with Crippen molar-refractivity contribution in [2.75, 3.05) is 26.8 Å². The molecule has 0 aromatic heterocycles. The lowest BCUT2D eigenvalue weighted by Gasteiger charge is -2.41. The maximum absolute atomic E-state index is 13.1. The van der Waals surface area contributed by atoms with Crippen LogP contribution in [0.5, 0.6) is 5.75 Å². The molecule has 4 rings (SSSR count).